The third-order valence-electron chi connectivity index (χ3n) is 6.31. The lowest BCUT2D eigenvalue weighted by atomic mass is 9.98. The number of hydrogen-bond donors (Lipinski definition) is 8. The lowest BCUT2D eigenvalue weighted by Gasteiger charge is -2.26. The molecule has 0 aromatic carbocycles. The lowest BCUT2D eigenvalue weighted by molar-refractivity contribution is -0.143. The van der Waals surface area contributed by atoms with Gasteiger partial charge in [-0.15, -0.1) is 0 Å². The van der Waals surface area contributed by atoms with Crippen LogP contribution in [0.4, 0.5) is 0 Å². The van der Waals surface area contributed by atoms with Crippen molar-refractivity contribution in [2.24, 2.45) is 17.4 Å². The maximum absolute atomic E-state index is 13.4. The number of aliphatic carboxylic acids is 1. The molecule has 210 valence electrons. The first-order chi connectivity index (χ1) is 18.2. The predicted molar refractivity (Wildman–Crippen MR) is 138 cm³/mol. The summed E-state index contributed by atoms with van der Waals surface area (Å²) in [7, 11) is 0. The number of carbonyl (C=O) groups excluding carboxylic acids is 3. The molecule has 38 heavy (non-hydrogen) atoms. The highest BCUT2D eigenvalue weighted by molar-refractivity contribution is 5.94. The van der Waals surface area contributed by atoms with Gasteiger partial charge in [0, 0.05) is 36.6 Å². The van der Waals surface area contributed by atoms with Crippen LogP contribution in [0.2, 0.25) is 0 Å². The molecule has 5 atom stereocenters. The summed E-state index contributed by atoms with van der Waals surface area (Å²) in [5.41, 5.74) is 12.6. The maximum Gasteiger partial charge on any atom is 0.326 e. The molecule has 2 aromatic rings. The minimum absolute atomic E-state index is 0.0216. The van der Waals surface area contributed by atoms with Gasteiger partial charge in [-0.3, -0.25) is 14.4 Å². The second-order valence-electron chi connectivity index (χ2n) is 9.29. The van der Waals surface area contributed by atoms with Crippen LogP contribution >= 0.6 is 0 Å². The van der Waals surface area contributed by atoms with Crippen LogP contribution in [0.3, 0.4) is 0 Å². The number of H-pyrrole nitrogens is 2. The van der Waals surface area contributed by atoms with E-state index in [1.807, 2.05) is 6.92 Å². The third-order valence-corrected chi connectivity index (χ3v) is 6.31. The molecule has 0 radical (unpaired) electrons. The van der Waals surface area contributed by atoms with Crippen molar-refractivity contribution < 1.29 is 24.3 Å². The summed E-state index contributed by atoms with van der Waals surface area (Å²) in [5, 5.41) is 17.5. The number of carboxylic acid groups (broad SMARTS) is 1. The summed E-state index contributed by atoms with van der Waals surface area (Å²) in [6, 6.07) is -4.20. The zero-order valence-corrected chi connectivity index (χ0v) is 21.8. The van der Waals surface area contributed by atoms with Gasteiger partial charge < -0.3 is 42.5 Å². The molecule has 5 unspecified atom stereocenters. The van der Waals surface area contributed by atoms with Crippen LogP contribution in [0.15, 0.2) is 25.0 Å². The maximum atomic E-state index is 13.4. The Morgan fingerprint density at radius 3 is 1.89 bits per heavy atom. The van der Waals surface area contributed by atoms with Crippen LogP contribution in [-0.2, 0) is 32.0 Å². The number of nitrogens with two attached hydrogens (primary N) is 2. The Morgan fingerprint density at radius 2 is 1.45 bits per heavy atom. The summed E-state index contributed by atoms with van der Waals surface area (Å²) < 4.78 is 0. The lowest BCUT2D eigenvalue weighted by Crippen LogP contribution is -2.58. The number of unbranched alkanes of at least 4 members (excludes halogenated alkanes) is 1. The molecule has 0 fully saturated rings. The molecule has 2 aromatic heterocycles. The molecule has 0 spiro atoms. The van der Waals surface area contributed by atoms with Crippen molar-refractivity contribution in [2.75, 3.05) is 6.54 Å². The Balaban J connectivity index is 2.21. The van der Waals surface area contributed by atoms with Crippen molar-refractivity contribution in [1.29, 1.82) is 0 Å². The van der Waals surface area contributed by atoms with E-state index < -0.39 is 47.9 Å². The van der Waals surface area contributed by atoms with Gasteiger partial charge in [0.05, 0.1) is 18.7 Å². The number of carboxylic acids is 1. The average molecular weight is 534 g/mol. The molecular formula is C24H39N9O5. The van der Waals surface area contributed by atoms with Crippen molar-refractivity contribution in [1.82, 2.24) is 35.9 Å². The van der Waals surface area contributed by atoms with Gasteiger partial charge in [0.2, 0.25) is 17.7 Å². The van der Waals surface area contributed by atoms with Crippen molar-refractivity contribution in [3.8, 4) is 0 Å². The van der Waals surface area contributed by atoms with Crippen LogP contribution in [0.25, 0.3) is 0 Å². The Bertz CT molecular complexity index is 1010. The minimum atomic E-state index is -1.17. The van der Waals surface area contributed by atoms with E-state index in [1.165, 1.54) is 25.0 Å². The highest BCUT2D eigenvalue weighted by atomic mass is 16.4. The normalized spacial score (nSPS) is 15.1. The molecule has 14 heteroatoms. The zero-order chi connectivity index (χ0) is 28.1. The van der Waals surface area contributed by atoms with E-state index in [0.717, 1.165) is 6.42 Å². The number of amides is 3. The molecule has 0 aliphatic rings. The van der Waals surface area contributed by atoms with Gasteiger partial charge in [0.1, 0.15) is 18.1 Å². The van der Waals surface area contributed by atoms with Crippen LogP contribution in [-0.4, -0.2) is 79.4 Å². The minimum Gasteiger partial charge on any atom is -0.480 e. The first kappa shape index (κ1) is 30.4. The van der Waals surface area contributed by atoms with E-state index in [-0.39, 0.29) is 18.8 Å². The molecule has 0 aliphatic heterocycles. The van der Waals surface area contributed by atoms with E-state index in [9.17, 15) is 24.3 Å². The zero-order valence-electron chi connectivity index (χ0n) is 21.8. The number of imidazole rings is 2. The first-order valence-corrected chi connectivity index (χ1v) is 12.7. The van der Waals surface area contributed by atoms with Crippen LogP contribution in [0.5, 0.6) is 0 Å². The second kappa shape index (κ2) is 15.5. The van der Waals surface area contributed by atoms with E-state index in [2.05, 4.69) is 35.9 Å². The number of carbonyl (C=O) groups is 4. The number of aromatic amines is 2. The molecule has 3 amide bonds. The van der Waals surface area contributed by atoms with Gasteiger partial charge in [-0.25, -0.2) is 14.8 Å². The van der Waals surface area contributed by atoms with Crippen LogP contribution < -0.4 is 27.4 Å². The monoisotopic (exact) mass is 533 g/mol. The van der Waals surface area contributed by atoms with Gasteiger partial charge >= 0.3 is 5.97 Å². The van der Waals surface area contributed by atoms with E-state index in [1.54, 1.807) is 6.92 Å². The van der Waals surface area contributed by atoms with Gasteiger partial charge in [0.25, 0.3) is 0 Å². The molecule has 0 saturated heterocycles. The van der Waals surface area contributed by atoms with Gasteiger partial charge in [0.15, 0.2) is 0 Å². The second-order valence-corrected chi connectivity index (χ2v) is 9.29. The van der Waals surface area contributed by atoms with Crippen molar-refractivity contribution >= 4 is 23.7 Å². The van der Waals surface area contributed by atoms with Gasteiger partial charge in [-0.2, -0.15) is 0 Å². The number of nitrogens with one attached hydrogen (secondary N) is 5. The van der Waals surface area contributed by atoms with E-state index >= 15 is 0 Å². The molecule has 0 bridgehead atoms. The molecule has 0 aliphatic carbocycles. The predicted octanol–water partition coefficient (Wildman–Crippen LogP) is -1.04. The number of nitrogens with zero attached hydrogens (tertiary/aromatic N) is 2. The summed E-state index contributed by atoms with van der Waals surface area (Å²) in [6.07, 6.45) is 8.29. The Hall–Kier alpha value is -3.78. The molecule has 10 N–H and O–H groups in total. The largest absolute Gasteiger partial charge is 0.480 e. The number of aromatic nitrogens is 4. The molecule has 0 saturated carbocycles. The standard InChI is InChI=1S/C24H39N9O5/c1-3-14(2)20(24(37)38)33-23(36)19(9-16-11-28-13-30-16)32-22(35)18(8-15-10-27-12-29-15)31-21(34)17(26)6-4-5-7-25/h10-14,17-20H,3-9,25-26H2,1-2H3,(H,27,29)(H,28,30)(H,31,34)(H,32,35)(H,33,36)(H,37,38). The number of hydrogen-bond acceptors (Lipinski definition) is 8. The van der Waals surface area contributed by atoms with E-state index in [0.29, 0.717) is 37.2 Å². The van der Waals surface area contributed by atoms with Gasteiger partial charge in [-0.05, 0) is 25.3 Å². The number of rotatable bonds is 17. The Labute approximate surface area is 221 Å². The summed E-state index contributed by atoms with van der Waals surface area (Å²) in [6.45, 7) is 4.02. The third kappa shape index (κ3) is 9.59. The highest BCUT2D eigenvalue weighted by Crippen LogP contribution is 2.10. The van der Waals surface area contributed by atoms with Crippen molar-refractivity contribution in [2.45, 2.75) is 76.5 Å². The first-order valence-electron chi connectivity index (χ1n) is 12.7. The fourth-order valence-electron chi connectivity index (χ4n) is 3.78. The van der Waals surface area contributed by atoms with Gasteiger partial charge in [-0.1, -0.05) is 26.7 Å². The molecular weight excluding hydrogens is 494 g/mol. The summed E-state index contributed by atoms with van der Waals surface area (Å²) >= 11 is 0. The quantitative estimate of drug-likeness (QED) is 0.116. The van der Waals surface area contributed by atoms with Crippen molar-refractivity contribution in [3.63, 3.8) is 0 Å². The van der Waals surface area contributed by atoms with Crippen LogP contribution in [0.1, 0.15) is 50.9 Å². The fraction of sp³-hybridized carbons (Fsp3) is 0.583. The fourth-order valence-corrected chi connectivity index (χ4v) is 3.78. The molecule has 14 nitrogen and oxygen atoms in total. The topological polar surface area (TPSA) is 234 Å². The smallest absolute Gasteiger partial charge is 0.326 e. The summed E-state index contributed by atoms with van der Waals surface area (Å²) in [4.78, 5) is 64.8. The highest BCUT2D eigenvalue weighted by Gasteiger charge is 2.32. The Kier molecular flexibility index (Phi) is 12.4. The Morgan fingerprint density at radius 1 is 0.921 bits per heavy atom. The van der Waals surface area contributed by atoms with E-state index in [4.69, 9.17) is 11.5 Å². The molecule has 2 rings (SSSR count). The van der Waals surface area contributed by atoms with Crippen molar-refractivity contribution in [3.05, 3.63) is 36.4 Å². The average Bonchev–Trinajstić information content (AvgIpc) is 3.60. The molecule has 2 heterocycles. The SMILES string of the molecule is CCC(C)C(NC(=O)C(Cc1cnc[nH]1)NC(=O)C(Cc1cnc[nH]1)NC(=O)C(N)CCCCN)C(=O)O. The summed E-state index contributed by atoms with van der Waals surface area (Å²) in [5.74, 6) is -3.35. The van der Waals surface area contributed by atoms with Crippen LogP contribution in [0, 0.1) is 5.92 Å².